The van der Waals surface area contributed by atoms with Crippen LogP contribution in [0.3, 0.4) is 0 Å². The topological polar surface area (TPSA) is 66.9 Å². The highest BCUT2D eigenvalue weighted by Crippen LogP contribution is 2.11. The van der Waals surface area contributed by atoms with Gasteiger partial charge in [0, 0.05) is 18.6 Å². The Bertz CT molecular complexity index is 799. The van der Waals surface area contributed by atoms with Gasteiger partial charge in [-0.1, -0.05) is 24.3 Å². The maximum atomic E-state index is 12.1. The third kappa shape index (κ3) is 3.03. The Labute approximate surface area is 128 Å². The standard InChI is InChI=1S/C17H16N4O/c1-18-16-9-7-13(10-19-16)17(22)20-11-14-8-6-12-4-2-3-5-15(12)21-14/h2-10H,11H2,1H3,(H,18,19)(H,20,22). The van der Waals surface area contributed by atoms with Crippen molar-refractivity contribution in [3.8, 4) is 0 Å². The third-order valence-electron chi connectivity index (χ3n) is 3.37. The van der Waals surface area contributed by atoms with Crippen LogP contribution in [-0.2, 0) is 6.54 Å². The smallest absolute Gasteiger partial charge is 0.253 e. The molecular weight excluding hydrogens is 276 g/mol. The summed E-state index contributed by atoms with van der Waals surface area (Å²) < 4.78 is 0. The third-order valence-corrected chi connectivity index (χ3v) is 3.37. The van der Waals surface area contributed by atoms with E-state index in [1.54, 1.807) is 25.4 Å². The largest absolute Gasteiger partial charge is 0.373 e. The second kappa shape index (κ2) is 6.22. The minimum absolute atomic E-state index is 0.162. The molecule has 0 atom stereocenters. The minimum atomic E-state index is -0.162. The molecule has 5 nitrogen and oxygen atoms in total. The number of hydrogen-bond acceptors (Lipinski definition) is 4. The molecule has 110 valence electrons. The summed E-state index contributed by atoms with van der Waals surface area (Å²) in [6.07, 6.45) is 1.55. The molecule has 2 N–H and O–H groups in total. The first-order valence-corrected chi connectivity index (χ1v) is 7.03. The predicted octanol–water partition coefficient (Wildman–Crippen LogP) is 2.60. The van der Waals surface area contributed by atoms with E-state index in [1.165, 1.54) is 0 Å². The molecule has 22 heavy (non-hydrogen) atoms. The van der Waals surface area contributed by atoms with Gasteiger partial charge < -0.3 is 10.6 Å². The monoisotopic (exact) mass is 292 g/mol. The average Bonchev–Trinajstić information content (AvgIpc) is 2.59. The molecule has 0 saturated carbocycles. The van der Waals surface area contributed by atoms with E-state index in [4.69, 9.17) is 0 Å². The molecule has 5 heteroatoms. The second-order valence-corrected chi connectivity index (χ2v) is 4.86. The SMILES string of the molecule is CNc1ccc(C(=O)NCc2ccc3ccccc3n2)cn1. The van der Waals surface area contributed by atoms with Gasteiger partial charge in [0.25, 0.3) is 5.91 Å². The summed E-state index contributed by atoms with van der Waals surface area (Å²) >= 11 is 0. The number of pyridine rings is 2. The zero-order valence-corrected chi connectivity index (χ0v) is 12.2. The van der Waals surface area contributed by atoms with E-state index in [0.29, 0.717) is 12.1 Å². The summed E-state index contributed by atoms with van der Waals surface area (Å²) in [7, 11) is 1.79. The number of carbonyl (C=O) groups is 1. The van der Waals surface area contributed by atoms with Crippen molar-refractivity contribution in [1.29, 1.82) is 0 Å². The fraction of sp³-hybridized carbons (Fsp3) is 0.118. The van der Waals surface area contributed by atoms with E-state index in [2.05, 4.69) is 20.6 Å². The number of nitrogens with one attached hydrogen (secondary N) is 2. The molecule has 0 saturated heterocycles. The van der Waals surface area contributed by atoms with Gasteiger partial charge in [0.15, 0.2) is 0 Å². The van der Waals surface area contributed by atoms with Crippen molar-refractivity contribution in [3.63, 3.8) is 0 Å². The molecule has 2 aromatic heterocycles. The first-order valence-electron chi connectivity index (χ1n) is 7.03. The Hall–Kier alpha value is -2.95. The number of anilines is 1. The van der Waals surface area contributed by atoms with Gasteiger partial charge >= 0.3 is 0 Å². The van der Waals surface area contributed by atoms with Crippen LogP contribution >= 0.6 is 0 Å². The summed E-state index contributed by atoms with van der Waals surface area (Å²) in [6.45, 7) is 0.386. The number of para-hydroxylation sites is 1. The fourth-order valence-corrected chi connectivity index (χ4v) is 2.16. The number of nitrogens with zero attached hydrogens (tertiary/aromatic N) is 2. The lowest BCUT2D eigenvalue weighted by Crippen LogP contribution is -2.23. The fourth-order valence-electron chi connectivity index (χ4n) is 2.16. The number of carbonyl (C=O) groups excluding carboxylic acids is 1. The number of benzene rings is 1. The van der Waals surface area contributed by atoms with Crippen molar-refractivity contribution in [2.45, 2.75) is 6.54 Å². The van der Waals surface area contributed by atoms with Gasteiger partial charge in [-0.15, -0.1) is 0 Å². The molecule has 0 aliphatic carbocycles. The van der Waals surface area contributed by atoms with Crippen LogP contribution in [0, 0.1) is 0 Å². The Kier molecular flexibility index (Phi) is 3.96. The van der Waals surface area contributed by atoms with E-state index in [-0.39, 0.29) is 5.91 Å². The zero-order valence-electron chi connectivity index (χ0n) is 12.2. The molecule has 0 bridgehead atoms. The average molecular weight is 292 g/mol. The van der Waals surface area contributed by atoms with Crippen molar-refractivity contribution < 1.29 is 4.79 Å². The molecule has 0 radical (unpaired) electrons. The van der Waals surface area contributed by atoms with Crippen LogP contribution in [-0.4, -0.2) is 22.9 Å². The maximum absolute atomic E-state index is 12.1. The molecule has 0 unspecified atom stereocenters. The predicted molar refractivity (Wildman–Crippen MR) is 86.7 cm³/mol. The maximum Gasteiger partial charge on any atom is 0.253 e. The van der Waals surface area contributed by atoms with Crippen LogP contribution in [0.5, 0.6) is 0 Å². The number of rotatable bonds is 4. The lowest BCUT2D eigenvalue weighted by atomic mass is 10.2. The molecule has 1 aromatic carbocycles. The molecule has 3 rings (SSSR count). The Morgan fingerprint density at radius 2 is 1.95 bits per heavy atom. The summed E-state index contributed by atoms with van der Waals surface area (Å²) in [6, 6.07) is 15.3. The number of aromatic nitrogens is 2. The van der Waals surface area contributed by atoms with E-state index in [0.717, 1.165) is 22.4 Å². The first kappa shape index (κ1) is 14.0. The van der Waals surface area contributed by atoms with E-state index in [9.17, 15) is 4.79 Å². The van der Waals surface area contributed by atoms with Crippen molar-refractivity contribution in [3.05, 3.63) is 66.0 Å². The van der Waals surface area contributed by atoms with Crippen LogP contribution in [0.2, 0.25) is 0 Å². The van der Waals surface area contributed by atoms with Crippen LogP contribution in [0.15, 0.2) is 54.7 Å². The minimum Gasteiger partial charge on any atom is -0.373 e. The van der Waals surface area contributed by atoms with E-state index in [1.807, 2.05) is 36.4 Å². The lowest BCUT2D eigenvalue weighted by Gasteiger charge is -2.06. The van der Waals surface area contributed by atoms with Gasteiger partial charge in [-0.2, -0.15) is 0 Å². The molecule has 3 aromatic rings. The Balaban J connectivity index is 1.68. The summed E-state index contributed by atoms with van der Waals surface area (Å²) in [5.74, 6) is 0.567. The quantitative estimate of drug-likeness (QED) is 0.775. The molecule has 0 aliphatic rings. The van der Waals surface area contributed by atoms with Crippen LogP contribution in [0.25, 0.3) is 10.9 Å². The van der Waals surface area contributed by atoms with Crippen LogP contribution < -0.4 is 10.6 Å². The highest BCUT2D eigenvalue weighted by Gasteiger charge is 2.06. The molecule has 1 amide bonds. The van der Waals surface area contributed by atoms with Crippen molar-refractivity contribution in [2.24, 2.45) is 0 Å². The van der Waals surface area contributed by atoms with Crippen molar-refractivity contribution >= 4 is 22.6 Å². The summed E-state index contributed by atoms with van der Waals surface area (Å²) in [5.41, 5.74) is 2.28. The first-order chi connectivity index (χ1) is 10.8. The van der Waals surface area contributed by atoms with Gasteiger partial charge in [-0.25, -0.2) is 4.98 Å². The molecule has 2 heterocycles. The van der Waals surface area contributed by atoms with Gasteiger partial charge in [0.1, 0.15) is 5.82 Å². The normalized spacial score (nSPS) is 10.4. The Morgan fingerprint density at radius 1 is 1.09 bits per heavy atom. The van der Waals surface area contributed by atoms with Gasteiger partial charge in [0.2, 0.25) is 0 Å². The van der Waals surface area contributed by atoms with E-state index < -0.39 is 0 Å². The summed E-state index contributed by atoms with van der Waals surface area (Å²) in [5, 5.41) is 6.86. The lowest BCUT2D eigenvalue weighted by molar-refractivity contribution is 0.0950. The Morgan fingerprint density at radius 3 is 2.73 bits per heavy atom. The van der Waals surface area contributed by atoms with Gasteiger partial charge in [0.05, 0.1) is 23.3 Å². The van der Waals surface area contributed by atoms with Crippen LogP contribution in [0.4, 0.5) is 5.82 Å². The number of fused-ring (bicyclic) bond motifs is 1. The number of hydrogen-bond donors (Lipinski definition) is 2. The highest BCUT2D eigenvalue weighted by atomic mass is 16.1. The summed E-state index contributed by atoms with van der Waals surface area (Å²) in [4.78, 5) is 20.7. The van der Waals surface area contributed by atoms with Crippen molar-refractivity contribution in [2.75, 3.05) is 12.4 Å². The van der Waals surface area contributed by atoms with Gasteiger partial charge in [-0.05, 0) is 24.3 Å². The zero-order chi connectivity index (χ0) is 15.4. The van der Waals surface area contributed by atoms with E-state index >= 15 is 0 Å². The van der Waals surface area contributed by atoms with Gasteiger partial charge in [-0.3, -0.25) is 9.78 Å². The van der Waals surface area contributed by atoms with Crippen LogP contribution in [0.1, 0.15) is 16.1 Å². The highest BCUT2D eigenvalue weighted by molar-refractivity contribution is 5.94. The second-order valence-electron chi connectivity index (χ2n) is 4.86. The van der Waals surface area contributed by atoms with Crippen molar-refractivity contribution in [1.82, 2.24) is 15.3 Å². The molecule has 0 fully saturated rings. The molecular formula is C17H16N4O. The molecule has 0 aliphatic heterocycles. The molecule has 0 spiro atoms. The number of amides is 1.